The summed E-state index contributed by atoms with van der Waals surface area (Å²) in [6, 6.07) is 5.10. The lowest BCUT2D eigenvalue weighted by atomic mass is 10.0. The van der Waals surface area contributed by atoms with Gasteiger partial charge in [0, 0.05) is 6.42 Å². The van der Waals surface area contributed by atoms with E-state index >= 15 is 0 Å². The van der Waals surface area contributed by atoms with Gasteiger partial charge in [-0.15, -0.1) is 0 Å². The number of hydrogen-bond acceptors (Lipinski definition) is 3. The van der Waals surface area contributed by atoms with E-state index < -0.39 is 18.0 Å². The molecule has 1 heterocycles. The van der Waals surface area contributed by atoms with Crippen molar-refractivity contribution in [2.24, 2.45) is 0 Å². The zero-order chi connectivity index (χ0) is 12.4. The van der Waals surface area contributed by atoms with Gasteiger partial charge < -0.3 is 10.4 Å². The standard InChI is InChI=1S/C11H10N2O4/c14-9-8(12-11(17)13-9)5-6-1-3-7(4-2-6)10(15)16/h1-4,8H,5H2,(H,15,16)(H2,12,13,14,17)/t8-/m0/s1. The molecule has 6 heteroatoms. The van der Waals surface area contributed by atoms with E-state index in [1.807, 2.05) is 0 Å². The van der Waals surface area contributed by atoms with Crippen LogP contribution in [0.25, 0.3) is 0 Å². The van der Waals surface area contributed by atoms with E-state index in [0.29, 0.717) is 6.42 Å². The normalized spacial score (nSPS) is 18.7. The Morgan fingerprint density at radius 1 is 1.24 bits per heavy atom. The third-order valence-electron chi connectivity index (χ3n) is 2.50. The smallest absolute Gasteiger partial charge is 0.335 e. The molecule has 1 aromatic carbocycles. The van der Waals surface area contributed by atoms with Crippen LogP contribution in [0.4, 0.5) is 4.79 Å². The van der Waals surface area contributed by atoms with Crippen molar-refractivity contribution in [1.29, 1.82) is 0 Å². The Kier molecular flexibility index (Phi) is 2.78. The quantitative estimate of drug-likeness (QED) is 0.648. The number of nitrogens with one attached hydrogen (secondary N) is 2. The molecule has 0 aliphatic carbocycles. The summed E-state index contributed by atoms with van der Waals surface area (Å²) < 4.78 is 0. The molecule has 0 unspecified atom stereocenters. The molecule has 0 spiro atoms. The van der Waals surface area contributed by atoms with Gasteiger partial charge in [-0.25, -0.2) is 9.59 Å². The van der Waals surface area contributed by atoms with Gasteiger partial charge in [0.2, 0.25) is 0 Å². The number of rotatable bonds is 3. The molecule has 3 N–H and O–H groups in total. The summed E-state index contributed by atoms with van der Waals surface area (Å²) in [5.41, 5.74) is 0.978. The lowest BCUT2D eigenvalue weighted by Crippen LogP contribution is -2.31. The van der Waals surface area contributed by atoms with Gasteiger partial charge in [0.15, 0.2) is 0 Å². The second-order valence-electron chi connectivity index (χ2n) is 3.72. The first-order valence-electron chi connectivity index (χ1n) is 5.00. The Balaban J connectivity index is 2.07. The van der Waals surface area contributed by atoms with Crippen molar-refractivity contribution in [3.05, 3.63) is 35.4 Å². The maximum atomic E-state index is 11.3. The van der Waals surface area contributed by atoms with Crippen LogP contribution in [0.3, 0.4) is 0 Å². The third kappa shape index (κ3) is 2.41. The molecule has 3 amide bonds. The van der Waals surface area contributed by atoms with Crippen LogP contribution in [0.2, 0.25) is 0 Å². The van der Waals surface area contributed by atoms with Gasteiger partial charge in [0.25, 0.3) is 5.91 Å². The molecule has 1 fully saturated rings. The Labute approximate surface area is 96.6 Å². The molecule has 17 heavy (non-hydrogen) atoms. The average molecular weight is 234 g/mol. The highest BCUT2D eigenvalue weighted by atomic mass is 16.4. The molecule has 0 aromatic heterocycles. The molecule has 1 aliphatic rings. The van der Waals surface area contributed by atoms with Crippen LogP contribution in [0.15, 0.2) is 24.3 Å². The van der Waals surface area contributed by atoms with E-state index in [-0.39, 0.29) is 11.5 Å². The number of carbonyl (C=O) groups excluding carboxylic acids is 2. The molecule has 0 saturated carbocycles. The first kappa shape index (κ1) is 11.1. The first-order valence-corrected chi connectivity index (χ1v) is 5.00. The van der Waals surface area contributed by atoms with E-state index in [4.69, 9.17) is 5.11 Å². The summed E-state index contributed by atoms with van der Waals surface area (Å²) in [5, 5.41) is 13.3. The number of benzene rings is 1. The largest absolute Gasteiger partial charge is 0.478 e. The fourth-order valence-corrected chi connectivity index (χ4v) is 1.62. The van der Waals surface area contributed by atoms with Crippen LogP contribution >= 0.6 is 0 Å². The fourth-order valence-electron chi connectivity index (χ4n) is 1.62. The van der Waals surface area contributed by atoms with Gasteiger partial charge in [-0.1, -0.05) is 12.1 Å². The minimum atomic E-state index is -0.997. The van der Waals surface area contributed by atoms with Crippen LogP contribution in [-0.4, -0.2) is 29.1 Å². The van der Waals surface area contributed by atoms with Gasteiger partial charge in [0.1, 0.15) is 6.04 Å². The highest BCUT2D eigenvalue weighted by Crippen LogP contribution is 2.08. The number of carboxylic acid groups (broad SMARTS) is 1. The van der Waals surface area contributed by atoms with Crippen LogP contribution in [0.5, 0.6) is 0 Å². The third-order valence-corrected chi connectivity index (χ3v) is 2.50. The van der Waals surface area contributed by atoms with Gasteiger partial charge in [-0.3, -0.25) is 10.1 Å². The van der Waals surface area contributed by atoms with Gasteiger partial charge in [-0.2, -0.15) is 0 Å². The number of carboxylic acids is 1. The van der Waals surface area contributed by atoms with Crippen molar-refractivity contribution in [3.8, 4) is 0 Å². The zero-order valence-corrected chi connectivity index (χ0v) is 8.77. The molecule has 1 aliphatic heterocycles. The molecular formula is C11H10N2O4. The van der Waals surface area contributed by atoms with E-state index in [1.54, 1.807) is 12.1 Å². The lowest BCUT2D eigenvalue weighted by Gasteiger charge is -2.07. The Hall–Kier alpha value is -2.37. The van der Waals surface area contributed by atoms with Crippen molar-refractivity contribution in [1.82, 2.24) is 10.6 Å². The maximum absolute atomic E-state index is 11.3. The molecule has 6 nitrogen and oxygen atoms in total. The Bertz CT molecular complexity index is 481. The van der Waals surface area contributed by atoms with E-state index in [9.17, 15) is 14.4 Å². The molecule has 0 radical (unpaired) electrons. The summed E-state index contributed by atoms with van der Waals surface area (Å²) in [6.07, 6.45) is 0.345. The number of amides is 3. The SMILES string of the molecule is O=C1NC(=O)[C@H](Cc2ccc(C(=O)O)cc2)N1. The first-order chi connectivity index (χ1) is 8.06. The minimum absolute atomic E-state index is 0.189. The molecule has 2 rings (SSSR count). The summed E-state index contributed by atoms with van der Waals surface area (Å²) in [5.74, 6) is -1.36. The highest BCUT2D eigenvalue weighted by molar-refractivity contribution is 6.04. The Morgan fingerprint density at radius 3 is 2.35 bits per heavy atom. The van der Waals surface area contributed by atoms with Crippen LogP contribution in [-0.2, 0) is 11.2 Å². The topological polar surface area (TPSA) is 95.5 Å². The number of hydrogen-bond donors (Lipinski definition) is 3. The molecule has 1 aromatic rings. The molecule has 1 atom stereocenters. The molecular weight excluding hydrogens is 224 g/mol. The maximum Gasteiger partial charge on any atom is 0.335 e. The zero-order valence-electron chi connectivity index (χ0n) is 8.77. The predicted octanol–water partition coefficient (Wildman–Crippen LogP) is 0.135. The van der Waals surface area contributed by atoms with Gasteiger partial charge in [-0.05, 0) is 17.7 Å². The fraction of sp³-hybridized carbons (Fsp3) is 0.182. The number of aromatic carboxylic acids is 1. The molecule has 0 bridgehead atoms. The summed E-state index contributed by atoms with van der Waals surface area (Å²) >= 11 is 0. The van der Waals surface area contributed by atoms with E-state index in [1.165, 1.54) is 12.1 Å². The van der Waals surface area contributed by atoms with Crippen molar-refractivity contribution in [2.75, 3.05) is 0 Å². The van der Waals surface area contributed by atoms with E-state index in [2.05, 4.69) is 10.6 Å². The predicted molar refractivity (Wildman–Crippen MR) is 57.6 cm³/mol. The van der Waals surface area contributed by atoms with Crippen molar-refractivity contribution >= 4 is 17.9 Å². The van der Waals surface area contributed by atoms with Crippen LogP contribution in [0.1, 0.15) is 15.9 Å². The van der Waals surface area contributed by atoms with Gasteiger partial charge in [0.05, 0.1) is 5.56 Å². The second-order valence-corrected chi connectivity index (χ2v) is 3.72. The monoisotopic (exact) mass is 234 g/mol. The summed E-state index contributed by atoms with van der Waals surface area (Å²) in [4.78, 5) is 32.8. The number of carbonyl (C=O) groups is 3. The van der Waals surface area contributed by atoms with Crippen LogP contribution < -0.4 is 10.6 Å². The van der Waals surface area contributed by atoms with Crippen molar-refractivity contribution < 1.29 is 19.5 Å². The summed E-state index contributed by atoms with van der Waals surface area (Å²) in [7, 11) is 0. The molecule has 88 valence electrons. The summed E-state index contributed by atoms with van der Waals surface area (Å²) in [6.45, 7) is 0. The van der Waals surface area contributed by atoms with Crippen molar-refractivity contribution in [3.63, 3.8) is 0 Å². The highest BCUT2D eigenvalue weighted by Gasteiger charge is 2.29. The lowest BCUT2D eigenvalue weighted by molar-refractivity contribution is -0.120. The second kappa shape index (κ2) is 4.25. The van der Waals surface area contributed by atoms with Gasteiger partial charge >= 0.3 is 12.0 Å². The van der Waals surface area contributed by atoms with Crippen LogP contribution in [0, 0.1) is 0 Å². The number of urea groups is 1. The average Bonchev–Trinajstić information content (AvgIpc) is 2.58. The minimum Gasteiger partial charge on any atom is -0.478 e. The van der Waals surface area contributed by atoms with Crippen molar-refractivity contribution in [2.45, 2.75) is 12.5 Å². The molecule has 1 saturated heterocycles. The van der Waals surface area contributed by atoms with E-state index in [0.717, 1.165) is 5.56 Å². The Morgan fingerprint density at radius 2 is 1.88 bits per heavy atom. The number of imide groups is 1.